The lowest BCUT2D eigenvalue weighted by Crippen LogP contribution is -2.43. The second-order valence-corrected chi connectivity index (χ2v) is 8.39. The highest BCUT2D eigenvalue weighted by Crippen LogP contribution is 2.18. The van der Waals surface area contributed by atoms with Crippen LogP contribution in [0.15, 0.2) is 23.9 Å². The lowest BCUT2D eigenvalue weighted by molar-refractivity contribution is 0.0970. The maximum atomic E-state index is 13.2. The molecule has 3 aromatic rings. The molecule has 0 fully saturated rings. The first-order valence-electron chi connectivity index (χ1n) is 9.32. The van der Waals surface area contributed by atoms with Gasteiger partial charge in [0.15, 0.2) is 21.7 Å². The van der Waals surface area contributed by atoms with E-state index in [1.165, 1.54) is 34.8 Å². The number of nitrogens with zero attached hydrogens (tertiary/aromatic N) is 6. The van der Waals surface area contributed by atoms with Gasteiger partial charge in [-0.1, -0.05) is 13.8 Å². The molecule has 0 spiro atoms. The number of aromatic nitrogens is 6. The van der Waals surface area contributed by atoms with Crippen molar-refractivity contribution in [3.63, 3.8) is 0 Å². The van der Waals surface area contributed by atoms with Gasteiger partial charge in [0, 0.05) is 27.7 Å². The van der Waals surface area contributed by atoms with Crippen LogP contribution in [0.4, 0.5) is 5.82 Å². The fourth-order valence-electron chi connectivity index (χ4n) is 3.41. The minimum atomic E-state index is -0.821. The Kier molecular flexibility index (Phi) is 5.65. The van der Waals surface area contributed by atoms with Gasteiger partial charge in [0.25, 0.3) is 11.1 Å². The predicted molar refractivity (Wildman–Crippen MR) is 117 cm³/mol. The summed E-state index contributed by atoms with van der Waals surface area (Å²) < 4.78 is 5.54. The molecule has 0 amide bonds. The maximum Gasteiger partial charge on any atom is 0.332 e. The first-order valence-corrected chi connectivity index (χ1v) is 10.1. The topological polar surface area (TPSA) is 149 Å². The Morgan fingerprint density at radius 1 is 0.968 bits per heavy atom. The molecule has 0 aliphatic heterocycles. The molecule has 31 heavy (non-hydrogen) atoms. The number of hydrogen-bond donors (Lipinski definition) is 1. The maximum absolute atomic E-state index is 13.2. The zero-order valence-electron chi connectivity index (χ0n) is 17.7. The van der Waals surface area contributed by atoms with Crippen molar-refractivity contribution >= 4 is 38.7 Å². The summed E-state index contributed by atoms with van der Waals surface area (Å²) in [5, 5.41) is 0. The summed E-state index contributed by atoms with van der Waals surface area (Å²) >= 11 is 3.20. The molecule has 166 valence electrons. The van der Waals surface area contributed by atoms with Crippen LogP contribution in [0.2, 0.25) is 0 Å². The summed E-state index contributed by atoms with van der Waals surface area (Å²) in [4.78, 5) is 67.2. The Balaban J connectivity index is 2.23. The van der Waals surface area contributed by atoms with Gasteiger partial charge in [-0.25, -0.2) is 14.6 Å². The average molecular weight is 496 g/mol. The Hall–Kier alpha value is -3.22. The fourth-order valence-corrected chi connectivity index (χ4v) is 3.88. The molecule has 3 aromatic heterocycles. The zero-order valence-corrected chi connectivity index (χ0v) is 19.3. The first kappa shape index (κ1) is 22.5. The number of imidazole rings is 1. The third kappa shape index (κ3) is 3.48. The normalized spacial score (nSPS) is 11.6. The van der Waals surface area contributed by atoms with E-state index in [-0.39, 0.29) is 39.7 Å². The number of anilines is 1. The van der Waals surface area contributed by atoms with Crippen molar-refractivity contribution in [3.8, 4) is 0 Å². The second-order valence-electron chi connectivity index (χ2n) is 7.68. The number of halogens is 1. The number of hydrogen-bond acceptors (Lipinski definition) is 7. The predicted octanol–water partition coefficient (Wildman–Crippen LogP) is -0.822. The van der Waals surface area contributed by atoms with Gasteiger partial charge in [-0.3, -0.25) is 37.2 Å². The number of aryl methyl sites for hydroxylation is 1. The van der Waals surface area contributed by atoms with Gasteiger partial charge in [0.2, 0.25) is 0 Å². The van der Waals surface area contributed by atoms with Crippen LogP contribution in [-0.4, -0.2) is 33.6 Å². The minimum absolute atomic E-state index is 0.0186. The van der Waals surface area contributed by atoms with Crippen LogP contribution >= 0.6 is 15.9 Å². The first-order chi connectivity index (χ1) is 14.4. The Morgan fingerprint density at radius 3 is 2.13 bits per heavy atom. The van der Waals surface area contributed by atoms with Crippen molar-refractivity contribution in [2.75, 3.05) is 5.73 Å². The van der Waals surface area contributed by atoms with E-state index in [0.29, 0.717) is 0 Å². The lowest BCUT2D eigenvalue weighted by Gasteiger charge is -2.16. The highest BCUT2D eigenvalue weighted by atomic mass is 79.9. The van der Waals surface area contributed by atoms with Crippen molar-refractivity contribution < 1.29 is 4.79 Å². The fraction of sp³-hybridized carbons (Fsp3) is 0.444. The van der Waals surface area contributed by atoms with Gasteiger partial charge >= 0.3 is 11.4 Å². The van der Waals surface area contributed by atoms with Gasteiger partial charge in [-0.05, 0) is 21.8 Å². The molecular formula is C18H22BrN7O5. The van der Waals surface area contributed by atoms with E-state index < -0.39 is 34.8 Å². The number of nitrogens with two attached hydrogens (primary N) is 1. The zero-order chi connectivity index (χ0) is 23.4. The second kappa shape index (κ2) is 7.80. The van der Waals surface area contributed by atoms with Crippen molar-refractivity contribution in [3.05, 3.63) is 52.0 Å². The molecule has 0 bridgehead atoms. The van der Waals surface area contributed by atoms with Crippen LogP contribution in [0.3, 0.4) is 0 Å². The average Bonchev–Trinajstić information content (AvgIpc) is 3.02. The quantitative estimate of drug-likeness (QED) is 0.358. The van der Waals surface area contributed by atoms with Gasteiger partial charge in [0.05, 0.1) is 6.54 Å². The SMILES string of the molecule is CC(C)Cn1c(N)c(C(=O)Cn2c(Br)nc3c(=O)n(C)c(=O)n(C)c32)c(=O)n(C)c1=O. The summed E-state index contributed by atoms with van der Waals surface area (Å²) in [7, 11) is 4.04. The summed E-state index contributed by atoms with van der Waals surface area (Å²) in [6.07, 6.45) is 0. The minimum Gasteiger partial charge on any atom is -0.384 e. The molecule has 3 heterocycles. The summed E-state index contributed by atoms with van der Waals surface area (Å²) in [6.45, 7) is 3.53. The third-order valence-electron chi connectivity index (χ3n) is 5.00. The van der Waals surface area contributed by atoms with E-state index in [4.69, 9.17) is 5.73 Å². The third-order valence-corrected chi connectivity index (χ3v) is 5.61. The molecule has 0 aliphatic carbocycles. The number of nitrogen functional groups attached to an aromatic ring is 1. The van der Waals surface area contributed by atoms with Crippen molar-refractivity contribution in [1.82, 2.24) is 27.8 Å². The van der Waals surface area contributed by atoms with Crippen LogP contribution in [0.5, 0.6) is 0 Å². The van der Waals surface area contributed by atoms with E-state index in [1.54, 1.807) is 0 Å². The molecular weight excluding hydrogens is 474 g/mol. The number of carbonyl (C=O) groups excluding carboxylic acids is 1. The van der Waals surface area contributed by atoms with Gasteiger partial charge in [0.1, 0.15) is 11.4 Å². The van der Waals surface area contributed by atoms with Crippen LogP contribution in [0, 0.1) is 5.92 Å². The van der Waals surface area contributed by atoms with Crippen molar-refractivity contribution in [2.45, 2.75) is 26.9 Å². The van der Waals surface area contributed by atoms with Gasteiger partial charge < -0.3 is 5.73 Å². The molecule has 0 aliphatic rings. The van der Waals surface area contributed by atoms with E-state index in [1.807, 2.05) is 13.8 Å². The Bertz CT molecular complexity index is 1470. The smallest absolute Gasteiger partial charge is 0.332 e. The summed E-state index contributed by atoms with van der Waals surface area (Å²) in [6, 6.07) is 0. The van der Waals surface area contributed by atoms with Crippen molar-refractivity contribution in [2.24, 2.45) is 27.1 Å². The lowest BCUT2D eigenvalue weighted by atomic mass is 10.1. The van der Waals surface area contributed by atoms with Crippen LogP contribution < -0.4 is 28.2 Å². The molecule has 3 rings (SSSR count). The molecule has 13 heteroatoms. The molecule has 0 unspecified atom stereocenters. The number of carbonyl (C=O) groups is 1. The van der Waals surface area contributed by atoms with E-state index in [9.17, 15) is 24.0 Å². The van der Waals surface area contributed by atoms with E-state index in [0.717, 1.165) is 9.13 Å². The molecule has 0 atom stereocenters. The van der Waals surface area contributed by atoms with Crippen molar-refractivity contribution in [1.29, 1.82) is 0 Å². The molecule has 0 radical (unpaired) electrons. The standard InChI is InChI=1S/C18H22BrN7O5/c1-8(2)6-25-12(20)10(14(28)23(4)18(25)31)9(27)7-26-13-11(21-16(26)19)15(29)24(5)17(30)22(13)3/h8H,6-7,20H2,1-5H3. The molecule has 0 saturated carbocycles. The number of ketones is 1. The number of rotatable bonds is 5. The molecule has 2 N–H and O–H groups in total. The highest BCUT2D eigenvalue weighted by molar-refractivity contribution is 9.10. The monoisotopic (exact) mass is 495 g/mol. The Labute approximate surface area is 183 Å². The molecule has 12 nitrogen and oxygen atoms in total. The van der Waals surface area contributed by atoms with Crippen LogP contribution in [0.25, 0.3) is 11.2 Å². The van der Waals surface area contributed by atoms with E-state index in [2.05, 4.69) is 20.9 Å². The summed E-state index contributed by atoms with van der Waals surface area (Å²) in [5.74, 6) is -0.876. The molecule has 0 aromatic carbocycles. The largest absolute Gasteiger partial charge is 0.384 e. The Morgan fingerprint density at radius 2 is 1.55 bits per heavy atom. The van der Waals surface area contributed by atoms with Gasteiger partial charge in [-0.2, -0.15) is 0 Å². The van der Waals surface area contributed by atoms with Crippen LogP contribution in [-0.2, 0) is 34.2 Å². The van der Waals surface area contributed by atoms with E-state index >= 15 is 0 Å². The van der Waals surface area contributed by atoms with Gasteiger partial charge in [-0.15, -0.1) is 0 Å². The highest BCUT2D eigenvalue weighted by Gasteiger charge is 2.25. The van der Waals surface area contributed by atoms with Crippen LogP contribution in [0.1, 0.15) is 24.2 Å². The summed E-state index contributed by atoms with van der Waals surface area (Å²) in [5.41, 5.74) is 3.16. The number of Topliss-reactive ketones (excluding diaryl/α,β-unsaturated/α-hetero) is 1. The number of fused-ring (bicyclic) bond motifs is 1. The molecule has 0 saturated heterocycles.